The summed E-state index contributed by atoms with van der Waals surface area (Å²) in [6.45, 7) is 9.62. The van der Waals surface area contributed by atoms with Gasteiger partial charge in [0.1, 0.15) is 12.4 Å². The van der Waals surface area contributed by atoms with Gasteiger partial charge in [0, 0.05) is 25.9 Å². The van der Waals surface area contributed by atoms with Crippen molar-refractivity contribution in [2.24, 2.45) is 0 Å². The van der Waals surface area contributed by atoms with E-state index in [0.29, 0.717) is 26.3 Å². The summed E-state index contributed by atoms with van der Waals surface area (Å²) in [6.07, 6.45) is 3.40. The van der Waals surface area contributed by atoms with Crippen molar-refractivity contribution in [3.8, 4) is 5.75 Å². The summed E-state index contributed by atoms with van der Waals surface area (Å²) in [7, 11) is 1.63. The monoisotopic (exact) mass is 304 g/mol. The van der Waals surface area contributed by atoms with Gasteiger partial charge in [0.25, 0.3) is 0 Å². The topological polar surface area (TPSA) is 50.8 Å². The number of hydrogen-bond donors (Lipinski definition) is 1. The van der Waals surface area contributed by atoms with E-state index in [4.69, 9.17) is 9.47 Å². The van der Waals surface area contributed by atoms with Crippen LogP contribution in [0.25, 0.3) is 0 Å². The summed E-state index contributed by atoms with van der Waals surface area (Å²) < 4.78 is 10.4. The van der Waals surface area contributed by atoms with Crippen LogP contribution in [0, 0.1) is 0 Å². The van der Waals surface area contributed by atoms with E-state index in [1.54, 1.807) is 24.2 Å². The molecule has 0 radical (unpaired) electrons. The minimum Gasteiger partial charge on any atom is -0.491 e. The molecule has 0 saturated carbocycles. The molecule has 0 aliphatic rings. The van der Waals surface area contributed by atoms with Gasteiger partial charge in [-0.1, -0.05) is 12.2 Å². The van der Waals surface area contributed by atoms with E-state index in [2.05, 4.69) is 18.5 Å². The Labute approximate surface area is 132 Å². The third-order valence-electron chi connectivity index (χ3n) is 2.91. The maximum Gasteiger partial charge on any atom is 0.242 e. The molecule has 0 saturated heterocycles. The minimum absolute atomic E-state index is 0.000205. The fraction of sp³-hybridized carbons (Fsp3) is 0.353. The van der Waals surface area contributed by atoms with Crippen molar-refractivity contribution < 1.29 is 14.3 Å². The predicted octanol–water partition coefficient (Wildman–Crippen LogP) is 2.32. The second-order valence-corrected chi connectivity index (χ2v) is 4.60. The molecule has 5 heteroatoms. The Morgan fingerprint density at radius 2 is 1.82 bits per heavy atom. The first-order valence-electron chi connectivity index (χ1n) is 7.16. The first-order valence-corrected chi connectivity index (χ1v) is 7.16. The summed E-state index contributed by atoms with van der Waals surface area (Å²) in [4.78, 5) is 13.7. The quantitative estimate of drug-likeness (QED) is 0.503. The lowest BCUT2D eigenvalue weighted by molar-refractivity contribution is -0.128. The van der Waals surface area contributed by atoms with E-state index in [1.165, 1.54) is 0 Å². The third kappa shape index (κ3) is 6.45. The lowest BCUT2D eigenvalue weighted by Gasteiger charge is -2.19. The number of nitrogens with one attached hydrogen (secondary N) is 1. The molecule has 1 N–H and O–H groups in total. The zero-order chi connectivity index (χ0) is 16.2. The van der Waals surface area contributed by atoms with Gasteiger partial charge in [-0.3, -0.25) is 4.79 Å². The molecule has 0 heterocycles. The van der Waals surface area contributed by atoms with Crippen LogP contribution in [0.5, 0.6) is 5.75 Å². The summed E-state index contributed by atoms with van der Waals surface area (Å²) in [5, 5.41) is 3.10. The largest absolute Gasteiger partial charge is 0.491 e. The van der Waals surface area contributed by atoms with Crippen LogP contribution in [-0.2, 0) is 9.53 Å². The molecule has 120 valence electrons. The van der Waals surface area contributed by atoms with E-state index in [9.17, 15) is 4.79 Å². The molecule has 0 bridgehead atoms. The molecule has 0 spiro atoms. The lowest BCUT2D eigenvalue weighted by atomic mass is 10.3. The van der Waals surface area contributed by atoms with Gasteiger partial charge in [0.15, 0.2) is 0 Å². The molecule has 0 aliphatic carbocycles. The first kappa shape index (κ1) is 17.8. The molecule has 5 nitrogen and oxygen atoms in total. The number of hydrogen-bond acceptors (Lipinski definition) is 4. The zero-order valence-corrected chi connectivity index (χ0v) is 13.1. The Morgan fingerprint density at radius 3 is 2.36 bits per heavy atom. The number of rotatable bonds is 11. The number of nitrogens with zero attached hydrogens (tertiary/aromatic N) is 1. The Kier molecular flexibility index (Phi) is 8.45. The highest BCUT2D eigenvalue weighted by Crippen LogP contribution is 2.15. The van der Waals surface area contributed by atoms with Crippen LogP contribution in [0.3, 0.4) is 0 Å². The number of amides is 1. The van der Waals surface area contributed by atoms with E-state index >= 15 is 0 Å². The first-order chi connectivity index (χ1) is 10.7. The lowest BCUT2D eigenvalue weighted by Crippen LogP contribution is -2.35. The Bertz CT molecular complexity index is 461. The molecule has 1 rings (SSSR count). The second kappa shape index (κ2) is 10.5. The SMILES string of the molecule is C=CCN(CC=C)C(=O)CNc1ccc(OCCOC)cc1. The number of benzene rings is 1. The van der Waals surface area contributed by atoms with Crippen LogP contribution < -0.4 is 10.1 Å². The van der Waals surface area contributed by atoms with Crippen LogP contribution in [0.15, 0.2) is 49.6 Å². The van der Waals surface area contributed by atoms with Gasteiger partial charge >= 0.3 is 0 Å². The standard InChI is InChI=1S/C17H24N2O3/c1-4-10-19(11-5-2)17(20)14-18-15-6-8-16(9-7-15)22-13-12-21-3/h4-9,18H,1-2,10-14H2,3H3. The van der Waals surface area contributed by atoms with Crippen LogP contribution >= 0.6 is 0 Å². The Hall–Kier alpha value is -2.27. The molecule has 22 heavy (non-hydrogen) atoms. The van der Waals surface area contributed by atoms with Crippen LogP contribution in [0.4, 0.5) is 5.69 Å². The van der Waals surface area contributed by atoms with E-state index < -0.39 is 0 Å². The van der Waals surface area contributed by atoms with Gasteiger partial charge in [-0.05, 0) is 24.3 Å². The van der Waals surface area contributed by atoms with Gasteiger partial charge in [-0.25, -0.2) is 0 Å². The minimum atomic E-state index is 0.000205. The second-order valence-electron chi connectivity index (χ2n) is 4.60. The van der Waals surface area contributed by atoms with Gasteiger partial charge in [0.2, 0.25) is 5.91 Å². The fourth-order valence-electron chi connectivity index (χ4n) is 1.79. The van der Waals surface area contributed by atoms with Gasteiger partial charge in [0.05, 0.1) is 13.2 Å². The van der Waals surface area contributed by atoms with Crippen molar-refractivity contribution in [3.63, 3.8) is 0 Å². The molecule has 0 fully saturated rings. The summed E-state index contributed by atoms with van der Waals surface area (Å²) in [5.41, 5.74) is 0.865. The summed E-state index contributed by atoms with van der Waals surface area (Å²) in [6, 6.07) is 7.46. The number of methoxy groups -OCH3 is 1. The normalized spacial score (nSPS) is 9.86. The average Bonchev–Trinajstić information content (AvgIpc) is 2.54. The van der Waals surface area contributed by atoms with E-state index in [1.807, 2.05) is 24.3 Å². The summed E-state index contributed by atoms with van der Waals surface area (Å²) in [5.74, 6) is 0.772. The van der Waals surface area contributed by atoms with Crippen molar-refractivity contribution in [2.45, 2.75) is 0 Å². The highest BCUT2D eigenvalue weighted by atomic mass is 16.5. The summed E-state index contributed by atoms with van der Waals surface area (Å²) >= 11 is 0. The fourth-order valence-corrected chi connectivity index (χ4v) is 1.79. The van der Waals surface area contributed by atoms with Crippen LogP contribution in [0.2, 0.25) is 0 Å². The van der Waals surface area contributed by atoms with Crippen molar-refractivity contribution >= 4 is 11.6 Å². The zero-order valence-electron chi connectivity index (χ0n) is 13.1. The van der Waals surface area contributed by atoms with Gasteiger partial charge < -0.3 is 19.7 Å². The van der Waals surface area contributed by atoms with Gasteiger partial charge in [-0.2, -0.15) is 0 Å². The number of carbonyl (C=O) groups is 1. The molecule has 0 atom stereocenters. The van der Waals surface area contributed by atoms with E-state index in [-0.39, 0.29) is 12.5 Å². The average molecular weight is 304 g/mol. The van der Waals surface area contributed by atoms with E-state index in [0.717, 1.165) is 11.4 Å². The van der Waals surface area contributed by atoms with Crippen LogP contribution in [-0.4, -0.2) is 50.8 Å². The third-order valence-corrected chi connectivity index (χ3v) is 2.91. The molecule has 0 aromatic heterocycles. The highest BCUT2D eigenvalue weighted by Gasteiger charge is 2.09. The molecular weight excluding hydrogens is 280 g/mol. The number of ether oxygens (including phenoxy) is 2. The van der Waals surface area contributed by atoms with Crippen LogP contribution in [0.1, 0.15) is 0 Å². The van der Waals surface area contributed by atoms with Crippen molar-refractivity contribution in [1.82, 2.24) is 4.90 Å². The molecule has 1 aromatic rings. The highest BCUT2D eigenvalue weighted by molar-refractivity contribution is 5.81. The van der Waals surface area contributed by atoms with Gasteiger partial charge in [-0.15, -0.1) is 13.2 Å². The van der Waals surface area contributed by atoms with Crippen molar-refractivity contribution in [3.05, 3.63) is 49.6 Å². The van der Waals surface area contributed by atoms with Crippen molar-refractivity contribution in [2.75, 3.05) is 45.3 Å². The maximum absolute atomic E-state index is 12.1. The smallest absolute Gasteiger partial charge is 0.242 e. The molecular formula is C17H24N2O3. The molecule has 1 aromatic carbocycles. The van der Waals surface area contributed by atoms with Crippen molar-refractivity contribution in [1.29, 1.82) is 0 Å². The molecule has 0 aliphatic heterocycles. The number of carbonyl (C=O) groups excluding carboxylic acids is 1. The molecule has 1 amide bonds. The Balaban J connectivity index is 2.44. The number of anilines is 1. The molecule has 0 unspecified atom stereocenters. The predicted molar refractivity (Wildman–Crippen MR) is 89.3 cm³/mol. The Morgan fingerprint density at radius 1 is 1.18 bits per heavy atom. The maximum atomic E-state index is 12.1.